The Bertz CT molecular complexity index is 1010. The Balaban J connectivity index is 1.74. The Morgan fingerprint density at radius 3 is 2.88 bits per heavy atom. The smallest absolute Gasteiger partial charge is 0.308 e. The molecular formula is C21H22N4O7. The van der Waals surface area contributed by atoms with Crippen molar-refractivity contribution in [1.29, 1.82) is 0 Å². The summed E-state index contributed by atoms with van der Waals surface area (Å²) in [4.78, 5) is 53.4. The van der Waals surface area contributed by atoms with Gasteiger partial charge in [-0.1, -0.05) is 6.07 Å². The van der Waals surface area contributed by atoms with Gasteiger partial charge in [-0.2, -0.15) is 0 Å². The number of esters is 1. The molecular weight excluding hydrogens is 420 g/mol. The topological polar surface area (TPSA) is 141 Å². The van der Waals surface area contributed by atoms with Crippen molar-refractivity contribution in [2.24, 2.45) is 0 Å². The summed E-state index contributed by atoms with van der Waals surface area (Å²) in [6, 6.07) is 6.46. The van der Waals surface area contributed by atoms with E-state index in [0.717, 1.165) is 6.07 Å². The number of ether oxygens (including phenoxy) is 2. The van der Waals surface area contributed by atoms with E-state index in [1.54, 1.807) is 25.3 Å². The maximum Gasteiger partial charge on any atom is 0.308 e. The number of nitro groups is 1. The van der Waals surface area contributed by atoms with Crippen LogP contribution in [-0.2, 0) is 14.3 Å². The fraction of sp³-hybridized carbons (Fsp3) is 0.333. The molecule has 1 aromatic carbocycles. The second kappa shape index (κ2) is 10.3. The van der Waals surface area contributed by atoms with Gasteiger partial charge in [0.25, 0.3) is 11.6 Å². The summed E-state index contributed by atoms with van der Waals surface area (Å²) in [6.45, 7) is 1.82. The molecule has 168 valence electrons. The number of rotatable bonds is 8. The maximum atomic E-state index is 12.9. The van der Waals surface area contributed by atoms with E-state index in [9.17, 15) is 24.5 Å². The highest BCUT2D eigenvalue weighted by atomic mass is 16.6. The summed E-state index contributed by atoms with van der Waals surface area (Å²) in [5.41, 5.74) is 0.373. The fourth-order valence-corrected chi connectivity index (χ4v) is 3.25. The first-order valence-electron chi connectivity index (χ1n) is 9.94. The van der Waals surface area contributed by atoms with Crippen molar-refractivity contribution in [3.05, 3.63) is 64.0 Å². The maximum absolute atomic E-state index is 12.9. The van der Waals surface area contributed by atoms with Crippen LogP contribution in [0.15, 0.2) is 42.7 Å². The number of hydrogen-bond donors (Lipinski definition) is 1. The van der Waals surface area contributed by atoms with Gasteiger partial charge in [-0.15, -0.1) is 0 Å². The van der Waals surface area contributed by atoms with E-state index >= 15 is 0 Å². The van der Waals surface area contributed by atoms with Crippen LogP contribution in [0.5, 0.6) is 5.75 Å². The number of non-ortho nitro benzene ring substituents is 1. The van der Waals surface area contributed by atoms with Gasteiger partial charge >= 0.3 is 5.97 Å². The van der Waals surface area contributed by atoms with Gasteiger partial charge in [-0.3, -0.25) is 29.5 Å². The number of carbonyl (C=O) groups is 3. The third kappa shape index (κ3) is 5.56. The predicted octanol–water partition coefficient (Wildman–Crippen LogP) is 1.64. The molecule has 0 saturated heterocycles. The number of pyridine rings is 1. The number of nitrogens with one attached hydrogen (secondary N) is 1. The average molecular weight is 442 g/mol. The van der Waals surface area contributed by atoms with Gasteiger partial charge in [0.15, 0.2) is 0 Å². The highest BCUT2D eigenvalue weighted by molar-refractivity contribution is 5.99. The molecule has 0 aliphatic carbocycles. The highest BCUT2D eigenvalue weighted by Gasteiger charge is 2.28. The lowest BCUT2D eigenvalue weighted by atomic mass is 10.1. The lowest BCUT2D eigenvalue weighted by molar-refractivity contribution is -0.384. The first kappa shape index (κ1) is 22.7. The van der Waals surface area contributed by atoms with E-state index in [4.69, 9.17) is 9.47 Å². The van der Waals surface area contributed by atoms with Crippen LogP contribution in [0, 0.1) is 10.1 Å². The largest absolute Gasteiger partial charge is 0.491 e. The quantitative estimate of drug-likeness (QED) is 0.369. The van der Waals surface area contributed by atoms with Crippen molar-refractivity contribution >= 4 is 23.5 Å². The summed E-state index contributed by atoms with van der Waals surface area (Å²) >= 11 is 0. The van der Waals surface area contributed by atoms with Crippen LogP contribution in [-0.4, -0.2) is 58.9 Å². The summed E-state index contributed by atoms with van der Waals surface area (Å²) in [7, 11) is 0. The zero-order chi connectivity index (χ0) is 23.1. The molecule has 0 spiro atoms. The van der Waals surface area contributed by atoms with Gasteiger partial charge in [0, 0.05) is 24.5 Å². The van der Waals surface area contributed by atoms with E-state index in [-0.39, 0.29) is 49.7 Å². The molecule has 2 aromatic rings. The molecule has 1 aromatic heterocycles. The minimum absolute atomic E-state index is 0.0137. The van der Waals surface area contributed by atoms with Crippen molar-refractivity contribution < 1.29 is 28.8 Å². The molecule has 1 aliphatic rings. The summed E-state index contributed by atoms with van der Waals surface area (Å²) in [5.74, 6) is -1.33. The molecule has 2 amide bonds. The van der Waals surface area contributed by atoms with E-state index in [0.29, 0.717) is 5.56 Å². The van der Waals surface area contributed by atoms with Crippen LogP contribution in [0.2, 0.25) is 0 Å². The molecule has 1 N–H and O–H groups in total. The van der Waals surface area contributed by atoms with Gasteiger partial charge in [-0.25, -0.2) is 0 Å². The molecule has 1 unspecified atom stereocenters. The minimum Gasteiger partial charge on any atom is -0.491 e. The molecule has 0 saturated carbocycles. The van der Waals surface area contributed by atoms with Crippen LogP contribution in [0.1, 0.15) is 35.3 Å². The molecule has 32 heavy (non-hydrogen) atoms. The number of fused-ring (bicyclic) bond motifs is 1. The van der Waals surface area contributed by atoms with Crippen LogP contribution in [0.3, 0.4) is 0 Å². The minimum atomic E-state index is -0.693. The molecule has 0 fully saturated rings. The normalized spacial score (nSPS) is 13.9. The number of nitrogens with zero attached hydrogens (tertiary/aromatic N) is 3. The van der Waals surface area contributed by atoms with Crippen molar-refractivity contribution in [1.82, 2.24) is 15.2 Å². The third-order valence-electron chi connectivity index (χ3n) is 4.74. The van der Waals surface area contributed by atoms with E-state index in [1.165, 1.54) is 23.2 Å². The Morgan fingerprint density at radius 1 is 1.38 bits per heavy atom. The summed E-state index contributed by atoms with van der Waals surface area (Å²) in [6.07, 6.45) is 3.00. The van der Waals surface area contributed by atoms with Crippen molar-refractivity contribution in [3.63, 3.8) is 0 Å². The lowest BCUT2D eigenvalue weighted by Crippen LogP contribution is -2.43. The number of nitro benzene ring substituents is 1. The zero-order valence-electron chi connectivity index (χ0n) is 17.4. The Morgan fingerprint density at radius 2 is 2.19 bits per heavy atom. The number of benzene rings is 1. The van der Waals surface area contributed by atoms with Gasteiger partial charge in [-0.05, 0) is 24.6 Å². The number of hydrogen-bond acceptors (Lipinski definition) is 8. The number of aromatic nitrogens is 1. The van der Waals surface area contributed by atoms with E-state index < -0.39 is 28.7 Å². The van der Waals surface area contributed by atoms with Crippen molar-refractivity contribution in [2.45, 2.75) is 19.4 Å². The predicted molar refractivity (Wildman–Crippen MR) is 111 cm³/mol. The first-order valence-corrected chi connectivity index (χ1v) is 9.94. The van der Waals surface area contributed by atoms with Crippen molar-refractivity contribution in [3.8, 4) is 5.75 Å². The fourth-order valence-electron chi connectivity index (χ4n) is 3.25. The van der Waals surface area contributed by atoms with Crippen LogP contribution >= 0.6 is 0 Å². The monoisotopic (exact) mass is 442 g/mol. The Kier molecular flexibility index (Phi) is 7.32. The SMILES string of the molecule is CCOC(=O)CC(NC(=O)CN1CCOc2ccc([N+](=O)[O-])cc2C1=O)c1cccnc1. The van der Waals surface area contributed by atoms with Crippen molar-refractivity contribution in [2.75, 3.05) is 26.3 Å². The molecule has 2 heterocycles. The molecule has 1 aliphatic heterocycles. The molecule has 0 radical (unpaired) electrons. The Labute approximate surface area is 183 Å². The molecule has 11 nitrogen and oxygen atoms in total. The lowest BCUT2D eigenvalue weighted by Gasteiger charge is -2.22. The third-order valence-corrected chi connectivity index (χ3v) is 4.74. The number of amides is 2. The second-order valence-electron chi connectivity index (χ2n) is 6.93. The second-order valence-corrected chi connectivity index (χ2v) is 6.93. The van der Waals surface area contributed by atoms with Gasteiger partial charge in [0.2, 0.25) is 5.91 Å². The van der Waals surface area contributed by atoms with Crippen LogP contribution in [0.25, 0.3) is 0 Å². The average Bonchev–Trinajstić information content (AvgIpc) is 2.92. The molecule has 0 bridgehead atoms. The first-order chi connectivity index (χ1) is 15.4. The standard InChI is InChI=1S/C21H22N4O7/c1-2-31-20(27)11-17(14-4-3-7-22-12-14)23-19(26)13-24-8-9-32-18-6-5-15(25(29)30)10-16(18)21(24)28/h3-7,10,12,17H,2,8-9,11,13H2,1H3,(H,23,26). The molecule has 11 heteroatoms. The summed E-state index contributed by atoms with van der Waals surface area (Å²) in [5, 5.41) is 13.8. The van der Waals surface area contributed by atoms with Crippen LogP contribution < -0.4 is 10.1 Å². The molecule has 1 atom stereocenters. The highest BCUT2D eigenvalue weighted by Crippen LogP contribution is 2.27. The van der Waals surface area contributed by atoms with Gasteiger partial charge < -0.3 is 19.7 Å². The summed E-state index contributed by atoms with van der Waals surface area (Å²) < 4.78 is 10.5. The zero-order valence-corrected chi connectivity index (χ0v) is 17.4. The van der Waals surface area contributed by atoms with Crippen LogP contribution in [0.4, 0.5) is 5.69 Å². The van der Waals surface area contributed by atoms with Gasteiger partial charge in [0.1, 0.15) is 12.4 Å². The van der Waals surface area contributed by atoms with E-state index in [1.807, 2.05) is 0 Å². The van der Waals surface area contributed by atoms with Gasteiger partial charge in [0.05, 0.1) is 42.6 Å². The molecule has 3 rings (SSSR count). The number of carbonyl (C=O) groups excluding carboxylic acids is 3. The Hall–Kier alpha value is -4.02. The van der Waals surface area contributed by atoms with E-state index in [2.05, 4.69) is 10.3 Å².